The van der Waals surface area contributed by atoms with E-state index in [2.05, 4.69) is 25.7 Å². The van der Waals surface area contributed by atoms with Crippen LogP contribution >= 0.6 is 0 Å². The van der Waals surface area contributed by atoms with Crippen LogP contribution in [0, 0.1) is 0 Å². The zero-order valence-corrected chi connectivity index (χ0v) is 11.8. The molecule has 112 valence electrons. The van der Waals surface area contributed by atoms with Crippen LogP contribution in [0.25, 0.3) is 11.5 Å². The summed E-state index contributed by atoms with van der Waals surface area (Å²) in [5.41, 5.74) is 1.08. The molecule has 3 N–H and O–H groups in total. The van der Waals surface area contributed by atoms with Gasteiger partial charge in [0.25, 0.3) is 5.91 Å². The number of hydrogen-bond acceptors (Lipinski definition) is 5. The van der Waals surface area contributed by atoms with Crippen LogP contribution < -0.4 is 10.6 Å². The van der Waals surface area contributed by atoms with Gasteiger partial charge in [0.05, 0.1) is 6.26 Å². The third kappa shape index (κ3) is 3.50. The third-order valence-electron chi connectivity index (χ3n) is 3.52. The molecule has 0 saturated carbocycles. The van der Waals surface area contributed by atoms with E-state index in [1.54, 1.807) is 18.4 Å². The fourth-order valence-electron chi connectivity index (χ4n) is 2.35. The van der Waals surface area contributed by atoms with Crippen molar-refractivity contribution < 1.29 is 9.21 Å². The summed E-state index contributed by atoms with van der Waals surface area (Å²) in [6.45, 7) is 5.58. The van der Waals surface area contributed by atoms with Crippen molar-refractivity contribution in [2.75, 3.05) is 39.3 Å². The molecule has 1 aliphatic heterocycles. The van der Waals surface area contributed by atoms with Gasteiger partial charge in [-0.3, -0.25) is 14.8 Å². The number of rotatable bonds is 5. The van der Waals surface area contributed by atoms with Crippen LogP contribution in [0.4, 0.5) is 0 Å². The first-order chi connectivity index (χ1) is 10.3. The lowest BCUT2D eigenvalue weighted by Gasteiger charge is -2.26. The van der Waals surface area contributed by atoms with Crippen LogP contribution in [0.2, 0.25) is 0 Å². The Hall–Kier alpha value is -2.12. The summed E-state index contributed by atoms with van der Waals surface area (Å²) in [5, 5.41) is 13.0. The third-order valence-corrected chi connectivity index (χ3v) is 3.52. The van der Waals surface area contributed by atoms with E-state index in [0.29, 0.717) is 23.7 Å². The number of amides is 1. The van der Waals surface area contributed by atoms with Gasteiger partial charge >= 0.3 is 0 Å². The minimum absolute atomic E-state index is 0.167. The largest absolute Gasteiger partial charge is 0.463 e. The second-order valence-corrected chi connectivity index (χ2v) is 4.99. The number of furan rings is 1. The Labute approximate surface area is 122 Å². The van der Waals surface area contributed by atoms with Gasteiger partial charge in [0, 0.05) is 45.3 Å². The zero-order chi connectivity index (χ0) is 14.5. The predicted octanol–water partition coefficient (Wildman–Crippen LogP) is 0.305. The number of hydrogen-bond donors (Lipinski definition) is 3. The van der Waals surface area contributed by atoms with Gasteiger partial charge in [0.2, 0.25) is 0 Å². The van der Waals surface area contributed by atoms with E-state index in [4.69, 9.17) is 4.42 Å². The highest BCUT2D eigenvalue weighted by Gasteiger charge is 2.13. The molecule has 3 heterocycles. The lowest BCUT2D eigenvalue weighted by atomic mass is 10.3. The average molecular weight is 289 g/mol. The first kappa shape index (κ1) is 13.8. The predicted molar refractivity (Wildman–Crippen MR) is 77.9 cm³/mol. The SMILES string of the molecule is O=C(NCCN1CCNCC1)c1cc(-c2ccco2)[nH]n1. The maximum Gasteiger partial charge on any atom is 0.271 e. The van der Waals surface area contributed by atoms with Crippen LogP contribution in [0.3, 0.4) is 0 Å². The number of nitrogens with zero attached hydrogens (tertiary/aromatic N) is 2. The number of aromatic amines is 1. The summed E-state index contributed by atoms with van der Waals surface area (Å²) in [5.74, 6) is 0.501. The van der Waals surface area contributed by atoms with Gasteiger partial charge in [-0.15, -0.1) is 0 Å². The highest BCUT2D eigenvalue weighted by atomic mass is 16.3. The molecule has 21 heavy (non-hydrogen) atoms. The maximum atomic E-state index is 12.0. The lowest BCUT2D eigenvalue weighted by molar-refractivity contribution is 0.0942. The Kier molecular flexibility index (Phi) is 4.32. The number of nitrogens with one attached hydrogen (secondary N) is 3. The molecule has 0 atom stereocenters. The molecule has 3 rings (SSSR count). The van der Waals surface area contributed by atoms with Crippen molar-refractivity contribution in [2.24, 2.45) is 0 Å². The van der Waals surface area contributed by atoms with E-state index in [1.165, 1.54) is 0 Å². The Morgan fingerprint density at radius 3 is 3.05 bits per heavy atom. The van der Waals surface area contributed by atoms with Crippen molar-refractivity contribution in [1.29, 1.82) is 0 Å². The minimum atomic E-state index is -0.167. The first-order valence-corrected chi connectivity index (χ1v) is 7.13. The topological polar surface area (TPSA) is 86.2 Å². The summed E-state index contributed by atoms with van der Waals surface area (Å²) in [6, 6.07) is 5.31. The minimum Gasteiger partial charge on any atom is -0.463 e. The van der Waals surface area contributed by atoms with Crippen LogP contribution in [0.5, 0.6) is 0 Å². The second-order valence-electron chi connectivity index (χ2n) is 4.99. The maximum absolute atomic E-state index is 12.0. The molecule has 1 fully saturated rings. The molecule has 0 radical (unpaired) electrons. The summed E-state index contributed by atoms with van der Waals surface area (Å²) < 4.78 is 5.26. The number of carbonyl (C=O) groups is 1. The first-order valence-electron chi connectivity index (χ1n) is 7.13. The fraction of sp³-hybridized carbons (Fsp3) is 0.429. The Bertz CT molecular complexity index is 572. The molecular formula is C14H19N5O2. The van der Waals surface area contributed by atoms with E-state index in [9.17, 15) is 4.79 Å². The molecule has 1 aliphatic rings. The van der Waals surface area contributed by atoms with Gasteiger partial charge in [0.15, 0.2) is 11.5 Å². The monoisotopic (exact) mass is 289 g/mol. The van der Waals surface area contributed by atoms with E-state index in [1.807, 2.05) is 6.07 Å². The van der Waals surface area contributed by atoms with Crippen molar-refractivity contribution in [2.45, 2.75) is 0 Å². The molecule has 1 amide bonds. The van der Waals surface area contributed by atoms with Gasteiger partial charge in [-0.2, -0.15) is 5.10 Å². The van der Waals surface area contributed by atoms with Crippen LogP contribution in [-0.4, -0.2) is 60.3 Å². The van der Waals surface area contributed by atoms with Crippen molar-refractivity contribution in [1.82, 2.24) is 25.7 Å². The van der Waals surface area contributed by atoms with Crippen molar-refractivity contribution >= 4 is 5.91 Å². The lowest BCUT2D eigenvalue weighted by Crippen LogP contribution is -2.46. The standard InChI is InChI=1S/C14H19N5O2/c20-14(16-5-8-19-6-3-15-4-7-19)12-10-11(17-18-12)13-2-1-9-21-13/h1-2,9-10,15H,3-8H2,(H,16,20)(H,17,18). The van der Waals surface area contributed by atoms with E-state index in [-0.39, 0.29) is 5.91 Å². The van der Waals surface area contributed by atoms with Gasteiger partial charge in [-0.25, -0.2) is 0 Å². The van der Waals surface area contributed by atoms with Gasteiger partial charge in [-0.05, 0) is 12.1 Å². The summed E-state index contributed by atoms with van der Waals surface area (Å²) in [4.78, 5) is 14.3. The molecule has 2 aromatic rings. The van der Waals surface area contributed by atoms with E-state index >= 15 is 0 Å². The quantitative estimate of drug-likeness (QED) is 0.737. The van der Waals surface area contributed by atoms with Crippen LogP contribution in [-0.2, 0) is 0 Å². The van der Waals surface area contributed by atoms with Crippen molar-refractivity contribution in [3.63, 3.8) is 0 Å². The number of aromatic nitrogens is 2. The molecule has 1 saturated heterocycles. The van der Waals surface area contributed by atoms with Gasteiger partial charge < -0.3 is 15.1 Å². The number of H-pyrrole nitrogens is 1. The second kappa shape index (κ2) is 6.55. The molecular weight excluding hydrogens is 270 g/mol. The highest BCUT2D eigenvalue weighted by Crippen LogP contribution is 2.17. The van der Waals surface area contributed by atoms with Crippen molar-refractivity contribution in [3.05, 3.63) is 30.2 Å². The Morgan fingerprint density at radius 2 is 2.29 bits per heavy atom. The summed E-state index contributed by atoms with van der Waals surface area (Å²) in [6.07, 6.45) is 1.59. The van der Waals surface area contributed by atoms with E-state index < -0.39 is 0 Å². The highest BCUT2D eigenvalue weighted by molar-refractivity contribution is 5.93. The Balaban J connectivity index is 1.49. The molecule has 2 aromatic heterocycles. The van der Waals surface area contributed by atoms with E-state index in [0.717, 1.165) is 32.7 Å². The smallest absolute Gasteiger partial charge is 0.271 e. The summed E-state index contributed by atoms with van der Waals surface area (Å²) in [7, 11) is 0. The fourth-order valence-corrected chi connectivity index (χ4v) is 2.35. The van der Waals surface area contributed by atoms with Crippen LogP contribution in [0.15, 0.2) is 28.9 Å². The molecule has 0 unspecified atom stereocenters. The molecule has 0 aromatic carbocycles. The Morgan fingerprint density at radius 1 is 1.43 bits per heavy atom. The zero-order valence-electron chi connectivity index (χ0n) is 11.8. The summed E-state index contributed by atoms with van der Waals surface area (Å²) >= 11 is 0. The molecule has 7 nitrogen and oxygen atoms in total. The van der Waals surface area contributed by atoms with Gasteiger partial charge in [0.1, 0.15) is 5.69 Å². The van der Waals surface area contributed by atoms with Gasteiger partial charge in [-0.1, -0.05) is 0 Å². The number of carbonyl (C=O) groups excluding carboxylic acids is 1. The molecule has 0 aliphatic carbocycles. The molecule has 7 heteroatoms. The van der Waals surface area contributed by atoms with Crippen molar-refractivity contribution in [3.8, 4) is 11.5 Å². The molecule has 0 spiro atoms. The molecule has 0 bridgehead atoms. The van der Waals surface area contributed by atoms with Crippen LogP contribution in [0.1, 0.15) is 10.5 Å². The normalized spacial score (nSPS) is 16.0. The average Bonchev–Trinajstić information content (AvgIpc) is 3.19. The number of piperazine rings is 1.